The van der Waals surface area contributed by atoms with E-state index in [1.165, 1.54) is 12.5 Å². The lowest BCUT2D eigenvalue weighted by molar-refractivity contribution is -0.142. The molecule has 1 aliphatic heterocycles. The minimum Gasteiger partial charge on any atom is -0.480 e. The highest BCUT2D eigenvalue weighted by molar-refractivity contribution is 5.98. The van der Waals surface area contributed by atoms with Gasteiger partial charge >= 0.3 is 5.97 Å². The van der Waals surface area contributed by atoms with Gasteiger partial charge in [0.05, 0.1) is 25.0 Å². The monoisotopic (exact) mass is 907 g/mol. The number of fused-ring (bicyclic) bond motifs is 1. The van der Waals surface area contributed by atoms with Crippen molar-refractivity contribution in [2.45, 2.75) is 100 Å². The Morgan fingerprint density at radius 3 is 2.06 bits per heavy atom. The molecule has 0 saturated carbocycles. The van der Waals surface area contributed by atoms with E-state index in [9.17, 15) is 48.3 Å². The SMILES string of the molecule is N=C(N)NCCC[C@@H]1NC(=O)[C@H](CC(N)=O)NC(=O)CNC(=O)[C@H](CCCCN)NC(=O)CC[C@@H](C(=O)O)NC(=O)[C@@H](Cc2c[nH]cn2)NC(=O)[C@H](Cc2c[nH]c3ccccc23)NC1=O. The summed E-state index contributed by atoms with van der Waals surface area (Å²) in [5, 5.41) is 38.3. The number of carboxylic acid groups (broad SMARTS) is 1. The normalized spacial score (nSPS) is 22.3. The Labute approximate surface area is 372 Å². The van der Waals surface area contributed by atoms with Crippen LogP contribution in [0.3, 0.4) is 0 Å². The quantitative estimate of drug-likeness (QED) is 0.0391. The number of aromatic amines is 2. The number of aliphatic carboxylic acids is 1. The van der Waals surface area contributed by atoms with Crippen LogP contribution in [0, 0.1) is 5.41 Å². The van der Waals surface area contributed by atoms with Crippen LogP contribution in [0.25, 0.3) is 10.9 Å². The Kier molecular flexibility index (Phi) is 19.2. The highest BCUT2D eigenvalue weighted by atomic mass is 16.4. The van der Waals surface area contributed by atoms with Gasteiger partial charge in [-0.1, -0.05) is 18.2 Å². The number of carbonyl (C=O) groups excluding carboxylic acids is 8. The van der Waals surface area contributed by atoms with Crippen LogP contribution in [0.15, 0.2) is 43.0 Å². The molecule has 25 heteroatoms. The summed E-state index contributed by atoms with van der Waals surface area (Å²) in [5.41, 5.74) is 18.0. The van der Waals surface area contributed by atoms with Crippen LogP contribution in [0.5, 0.6) is 0 Å². The largest absolute Gasteiger partial charge is 0.480 e. The number of benzene rings is 1. The van der Waals surface area contributed by atoms with Crippen molar-refractivity contribution in [1.82, 2.24) is 57.5 Å². The maximum absolute atomic E-state index is 14.4. The molecule has 18 N–H and O–H groups in total. The van der Waals surface area contributed by atoms with Crippen LogP contribution in [-0.4, -0.2) is 135 Å². The molecule has 1 aromatic carbocycles. The number of nitrogens with one attached hydrogen (secondary N) is 11. The number of carbonyl (C=O) groups is 9. The van der Waals surface area contributed by atoms with E-state index in [1.54, 1.807) is 30.5 Å². The summed E-state index contributed by atoms with van der Waals surface area (Å²) in [7, 11) is 0. The number of hydrogen-bond acceptors (Lipinski definition) is 12. The smallest absolute Gasteiger partial charge is 0.326 e. The maximum atomic E-state index is 14.4. The van der Waals surface area contributed by atoms with E-state index in [-0.39, 0.29) is 51.2 Å². The van der Waals surface area contributed by atoms with E-state index < -0.39 is 115 Å². The van der Waals surface area contributed by atoms with Crippen LogP contribution in [0.2, 0.25) is 0 Å². The van der Waals surface area contributed by atoms with Crippen molar-refractivity contribution in [1.29, 1.82) is 5.41 Å². The maximum Gasteiger partial charge on any atom is 0.326 e. The summed E-state index contributed by atoms with van der Waals surface area (Å²) < 4.78 is 0. The first-order chi connectivity index (χ1) is 31.0. The zero-order valence-corrected chi connectivity index (χ0v) is 35.5. The topological polar surface area (TPSA) is 416 Å². The standard InChI is InChI=1S/C40H57N15O10/c41-12-4-3-8-25-34(59)48-19-33(58)51-30(16-31(42)56)38(63)52-26(9-5-13-46-40(43)44)35(60)54-28(14-21-17-47-24-7-2-1-6-23(21)24)36(61)55-29(15-22-18-45-20-49-22)37(62)53-27(39(64)65)10-11-32(57)50-25/h1-2,6-7,17-18,20,25-30,47H,3-5,8-16,19,41H2,(H2,42,56)(H,45,49)(H,48,59)(H,50,57)(H,51,58)(H,52,63)(H,53,62)(H,54,60)(H,55,61)(H,64,65)(H4,43,44,46)/t25-,26-,27-,28-,29+,30-/m0/s1. The predicted molar refractivity (Wildman–Crippen MR) is 232 cm³/mol. The molecule has 1 aliphatic rings. The Hall–Kier alpha value is -7.57. The number of amides is 8. The summed E-state index contributed by atoms with van der Waals surface area (Å²) in [5.74, 6) is -9.20. The van der Waals surface area contributed by atoms with Crippen molar-refractivity contribution >= 4 is 70.1 Å². The number of para-hydroxylation sites is 1. The van der Waals surface area contributed by atoms with Gasteiger partial charge in [-0.25, -0.2) is 9.78 Å². The summed E-state index contributed by atoms with van der Waals surface area (Å²) in [6.45, 7) is -0.384. The molecule has 6 atom stereocenters. The first-order valence-electron chi connectivity index (χ1n) is 20.9. The van der Waals surface area contributed by atoms with E-state index in [4.69, 9.17) is 22.6 Å². The van der Waals surface area contributed by atoms with Crippen molar-refractivity contribution in [3.8, 4) is 0 Å². The number of carboxylic acids is 1. The molecule has 8 amide bonds. The predicted octanol–water partition coefficient (Wildman–Crippen LogP) is -4.15. The molecule has 0 bridgehead atoms. The number of hydrogen-bond donors (Lipinski definition) is 15. The lowest BCUT2D eigenvalue weighted by Crippen LogP contribution is -2.60. The van der Waals surface area contributed by atoms with Gasteiger partial charge in [0.15, 0.2) is 5.96 Å². The van der Waals surface area contributed by atoms with Gasteiger partial charge in [-0.2, -0.15) is 0 Å². The second-order valence-corrected chi connectivity index (χ2v) is 15.3. The lowest BCUT2D eigenvalue weighted by atomic mass is 10.0. The van der Waals surface area contributed by atoms with E-state index in [0.29, 0.717) is 35.0 Å². The molecule has 65 heavy (non-hydrogen) atoms. The Balaban J connectivity index is 1.76. The molecular weight excluding hydrogens is 851 g/mol. The van der Waals surface area contributed by atoms with Gasteiger partial charge in [-0.15, -0.1) is 0 Å². The third kappa shape index (κ3) is 16.3. The molecule has 0 unspecified atom stereocenters. The van der Waals surface area contributed by atoms with Crippen LogP contribution in [-0.2, 0) is 56.0 Å². The minimum atomic E-state index is -1.65. The van der Waals surface area contributed by atoms with Crippen LogP contribution >= 0.6 is 0 Å². The average Bonchev–Trinajstić information content (AvgIpc) is 3.93. The fourth-order valence-corrected chi connectivity index (χ4v) is 6.95. The van der Waals surface area contributed by atoms with E-state index in [1.807, 2.05) is 0 Å². The Morgan fingerprint density at radius 2 is 1.38 bits per heavy atom. The molecule has 352 valence electrons. The zero-order chi connectivity index (χ0) is 47.5. The summed E-state index contributed by atoms with van der Waals surface area (Å²) in [4.78, 5) is 131. The number of guanidine groups is 1. The number of primary amides is 1. The number of aromatic nitrogens is 3. The summed E-state index contributed by atoms with van der Waals surface area (Å²) >= 11 is 0. The van der Waals surface area contributed by atoms with Gasteiger partial charge in [0.1, 0.15) is 36.3 Å². The minimum absolute atomic E-state index is 0.0729. The Bertz CT molecular complexity index is 2180. The second-order valence-electron chi connectivity index (χ2n) is 15.3. The average molecular weight is 908 g/mol. The Morgan fingerprint density at radius 1 is 0.754 bits per heavy atom. The number of H-pyrrole nitrogens is 2. The van der Waals surface area contributed by atoms with Crippen molar-refractivity contribution in [3.05, 3.63) is 54.2 Å². The molecule has 0 spiro atoms. The van der Waals surface area contributed by atoms with Gasteiger partial charge in [0.25, 0.3) is 0 Å². The summed E-state index contributed by atoms with van der Waals surface area (Å²) in [6.07, 6.45) is 3.24. The molecule has 25 nitrogen and oxygen atoms in total. The molecule has 4 rings (SSSR count). The van der Waals surface area contributed by atoms with Gasteiger partial charge < -0.3 is 74.8 Å². The van der Waals surface area contributed by atoms with Crippen LogP contribution < -0.4 is 59.7 Å². The lowest BCUT2D eigenvalue weighted by Gasteiger charge is -2.27. The highest BCUT2D eigenvalue weighted by Gasteiger charge is 2.34. The van der Waals surface area contributed by atoms with E-state index in [0.717, 1.165) is 0 Å². The molecule has 2 aromatic heterocycles. The number of nitrogens with two attached hydrogens (primary N) is 3. The molecule has 0 radical (unpaired) electrons. The molecule has 1 fully saturated rings. The van der Waals surface area contributed by atoms with Crippen LogP contribution in [0.4, 0.5) is 0 Å². The third-order valence-electron chi connectivity index (χ3n) is 10.3. The summed E-state index contributed by atoms with van der Waals surface area (Å²) in [6, 6.07) is -1.81. The second kappa shape index (κ2) is 24.9. The van der Waals surface area contributed by atoms with E-state index in [2.05, 4.69) is 57.5 Å². The van der Waals surface area contributed by atoms with Crippen molar-refractivity contribution in [3.63, 3.8) is 0 Å². The van der Waals surface area contributed by atoms with Crippen molar-refractivity contribution in [2.75, 3.05) is 19.6 Å². The van der Waals surface area contributed by atoms with Crippen molar-refractivity contribution < 1.29 is 48.3 Å². The third-order valence-corrected chi connectivity index (χ3v) is 10.3. The molecular formula is C40H57N15O10. The molecule has 3 heterocycles. The van der Waals surface area contributed by atoms with Gasteiger partial charge in [-0.05, 0) is 56.7 Å². The number of unbranched alkanes of at least 4 members (excludes halogenated alkanes) is 1. The van der Waals surface area contributed by atoms with Gasteiger partial charge in [-0.3, -0.25) is 43.8 Å². The van der Waals surface area contributed by atoms with E-state index >= 15 is 0 Å². The fraction of sp³-hybridized carbons (Fsp3) is 0.475. The first-order valence-corrected chi connectivity index (χ1v) is 20.9. The molecule has 0 aliphatic carbocycles. The van der Waals surface area contributed by atoms with Gasteiger partial charge in [0, 0.05) is 49.1 Å². The molecule has 1 saturated heterocycles. The number of nitrogens with zero attached hydrogens (tertiary/aromatic N) is 1. The zero-order valence-electron chi connectivity index (χ0n) is 35.5. The number of rotatable bonds is 15. The fourth-order valence-electron chi connectivity index (χ4n) is 6.95. The van der Waals surface area contributed by atoms with Gasteiger partial charge in [0.2, 0.25) is 47.3 Å². The first kappa shape index (κ1) is 50.1. The molecule has 3 aromatic rings. The van der Waals surface area contributed by atoms with Crippen molar-refractivity contribution in [2.24, 2.45) is 17.2 Å². The number of imidazole rings is 1. The van der Waals surface area contributed by atoms with Crippen LogP contribution in [0.1, 0.15) is 62.6 Å². The highest BCUT2D eigenvalue weighted by Crippen LogP contribution is 2.20.